The lowest BCUT2D eigenvalue weighted by atomic mass is 10.2. The summed E-state index contributed by atoms with van der Waals surface area (Å²) in [5.41, 5.74) is 3.27. The molecule has 0 aromatic heterocycles. The second kappa shape index (κ2) is 12.0. The van der Waals surface area contributed by atoms with Crippen molar-refractivity contribution in [3.05, 3.63) is 87.9 Å². The van der Waals surface area contributed by atoms with E-state index in [1.807, 2.05) is 0 Å². The minimum Gasteiger partial charge on any atom is -0.504 e. The third kappa shape index (κ3) is 6.95. The summed E-state index contributed by atoms with van der Waals surface area (Å²) in [5.74, 6) is -0.545. The third-order valence-corrected chi connectivity index (χ3v) is 7.26. The molecule has 0 saturated carbocycles. The Labute approximate surface area is 213 Å². The van der Waals surface area contributed by atoms with E-state index in [0.717, 1.165) is 4.31 Å². The lowest BCUT2D eigenvalue weighted by molar-refractivity contribution is -0.121. The fraction of sp³-hybridized carbons (Fsp3) is 0.167. The summed E-state index contributed by atoms with van der Waals surface area (Å²) >= 11 is 12.1. The van der Waals surface area contributed by atoms with E-state index in [0.29, 0.717) is 17.7 Å². The number of benzene rings is 3. The number of amides is 1. The Morgan fingerprint density at radius 3 is 2.57 bits per heavy atom. The van der Waals surface area contributed by atoms with Crippen LogP contribution in [-0.2, 0) is 21.4 Å². The van der Waals surface area contributed by atoms with Crippen LogP contribution in [0.3, 0.4) is 0 Å². The molecule has 3 aromatic rings. The maximum atomic E-state index is 13.4. The van der Waals surface area contributed by atoms with Crippen LogP contribution in [0.2, 0.25) is 10.0 Å². The Kier molecular flexibility index (Phi) is 9.11. The molecule has 0 unspecified atom stereocenters. The van der Waals surface area contributed by atoms with Crippen molar-refractivity contribution in [2.45, 2.75) is 18.4 Å². The van der Waals surface area contributed by atoms with Gasteiger partial charge in [0.1, 0.15) is 4.90 Å². The first-order chi connectivity index (χ1) is 16.7. The number of para-hydroxylation sites is 1. The number of carbonyl (C=O) groups excluding carboxylic acids is 1. The highest BCUT2D eigenvalue weighted by Gasteiger charge is 2.29. The largest absolute Gasteiger partial charge is 0.504 e. The van der Waals surface area contributed by atoms with Crippen LogP contribution < -0.4 is 10.2 Å². The van der Waals surface area contributed by atoms with Crippen molar-refractivity contribution in [3.63, 3.8) is 0 Å². The molecule has 0 aliphatic carbocycles. The van der Waals surface area contributed by atoms with Gasteiger partial charge in [-0.3, -0.25) is 4.79 Å². The molecule has 184 valence electrons. The maximum absolute atomic E-state index is 13.4. The van der Waals surface area contributed by atoms with E-state index in [1.54, 1.807) is 55.5 Å². The van der Waals surface area contributed by atoms with Gasteiger partial charge in [-0.15, -0.1) is 0 Å². The van der Waals surface area contributed by atoms with Gasteiger partial charge in [-0.05, 0) is 42.8 Å². The van der Waals surface area contributed by atoms with E-state index in [2.05, 4.69) is 10.5 Å². The summed E-state index contributed by atoms with van der Waals surface area (Å²) in [6.07, 6.45) is 1.24. The first-order valence-corrected chi connectivity index (χ1v) is 12.7. The second-order valence-electron chi connectivity index (χ2n) is 7.25. The number of rotatable bonds is 10. The number of phenols is 1. The summed E-state index contributed by atoms with van der Waals surface area (Å²) in [6.45, 7) is 1.53. The summed E-state index contributed by atoms with van der Waals surface area (Å²) in [4.78, 5) is 12.4. The van der Waals surface area contributed by atoms with Crippen LogP contribution >= 0.6 is 23.2 Å². The van der Waals surface area contributed by atoms with Crippen LogP contribution in [0, 0.1) is 0 Å². The van der Waals surface area contributed by atoms with Gasteiger partial charge in [-0.1, -0.05) is 59.6 Å². The first kappa shape index (κ1) is 26.5. The van der Waals surface area contributed by atoms with Gasteiger partial charge in [0.2, 0.25) is 10.0 Å². The number of halogens is 2. The van der Waals surface area contributed by atoms with Crippen molar-refractivity contribution >= 4 is 45.3 Å². The zero-order chi connectivity index (χ0) is 25.4. The van der Waals surface area contributed by atoms with Crippen molar-refractivity contribution in [2.75, 3.05) is 13.2 Å². The van der Waals surface area contributed by atoms with Gasteiger partial charge >= 0.3 is 0 Å². The summed E-state index contributed by atoms with van der Waals surface area (Å²) in [5, 5.41) is 14.2. The molecular formula is C24H23Cl2N3O5S. The number of ether oxygens (including phenoxy) is 1. The smallest absolute Gasteiger partial charge is 0.255 e. The number of hydrazone groups is 1. The quantitative estimate of drug-likeness (QED) is 0.294. The molecule has 2 N–H and O–H groups in total. The van der Waals surface area contributed by atoms with Crippen LogP contribution in [0.4, 0.5) is 0 Å². The van der Waals surface area contributed by atoms with Gasteiger partial charge < -0.3 is 9.84 Å². The molecular weight excluding hydrogens is 513 g/mol. The van der Waals surface area contributed by atoms with Gasteiger partial charge in [0, 0.05) is 17.1 Å². The molecule has 3 rings (SSSR count). The van der Waals surface area contributed by atoms with Crippen molar-refractivity contribution in [2.24, 2.45) is 5.10 Å². The number of nitrogens with one attached hydrogen (secondary N) is 1. The Balaban J connectivity index is 1.81. The zero-order valence-electron chi connectivity index (χ0n) is 18.7. The highest BCUT2D eigenvalue weighted by Crippen LogP contribution is 2.29. The summed E-state index contributed by atoms with van der Waals surface area (Å²) < 4.78 is 33.1. The van der Waals surface area contributed by atoms with Crippen molar-refractivity contribution in [1.82, 2.24) is 9.73 Å². The normalized spacial score (nSPS) is 11.7. The molecule has 8 nitrogen and oxygen atoms in total. The minimum absolute atomic E-state index is 0.0180. The van der Waals surface area contributed by atoms with Crippen molar-refractivity contribution in [1.29, 1.82) is 0 Å². The number of sulfonamides is 1. The highest BCUT2D eigenvalue weighted by molar-refractivity contribution is 7.89. The Morgan fingerprint density at radius 1 is 1.11 bits per heavy atom. The Bertz CT molecular complexity index is 1320. The standard InChI is InChI=1S/C24H23Cl2N3O5S/c1-2-34-21-10-6-9-18(24(21)31)14-27-28-23(30)16-29(15-17-7-4-3-5-8-17)35(32,33)22-13-19(25)11-12-20(22)26/h3-14,31H,2,15-16H2,1H3,(H,28,30)/b27-14-. The van der Waals surface area contributed by atoms with Gasteiger partial charge in [-0.2, -0.15) is 9.41 Å². The SMILES string of the molecule is CCOc1cccc(/C=N\NC(=O)CN(Cc2ccccc2)S(=O)(=O)c2cc(Cl)ccc2Cl)c1O. The molecule has 0 fully saturated rings. The molecule has 35 heavy (non-hydrogen) atoms. The molecule has 0 radical (unpaired) electrons. The van der Waals surface area contributed by atoms with Gasteiger partial charge in [0.25, 0.3) is 5.91 Å². The van der Waals surface area contributed by atoms with Crippen molar-refractivity contribution < 1.29 is 23.1 Å². The topological polar surface area (TPSA) is 108 Å². The number of nitrogens with zero attached hydrogens (tertiary/aromatic N) is 2. The van der Waals surface area contributed by atoms with Crippen LogP contribution in [-0.4, -0.2) is 43.1 Å². The Morgan fingerprint density at radius 2 is 1.86 bits per heavy atom. The van der Waals surface area contributed by atoms with Crippen LogP contribution in [0.15, 0.2) is 76.7 Å². The Hall–Kier alpha value is -3.11. The number of phenolic OH excluding ortho intramolecular Hbond substituents is 1. The van der Waals surface area contributed by atoms with Crippen molar-refractivity contribution in [3.8, 4) is 11.5 Å². The van der Waals surface area contributed by atoms with E-state index in [1.165, 1.54) is 24.4 Å². The predicted octanol–water partition coefficient (Wildman–Crippen LogP) is 4.44. The van der Waals surface area contributed by atoms with Gasteiger partial charge in [0.15, 0.2) is 11.5 Å². The number of hydrogen-bond acceptors (Lipinski definition) is 6. The van der Waals surface area contributed by atoms with Crippen LogP contribution in [0.25, 0.3) is 0 Å². The summed E-state index contributed by atoms with van der Waals surface area (Å²) in [7, 11) is -4.20. The van der Waals surface area contributed by atoms with E-state index in [4.69, 9.17) is 27.9 Å². The lowest BCUT2D eigenvalue weighted by Crippen LogP contribution is -2.39. The monoisotopic (exact) mass is 535 g/mol. The third-order valence-electron chi connectivity index (χ3n) is 4.76. The van der Waals surface area contributed by atoms with E-state index < -0.39 is 22.5 Å². The molecule has 0 spiro atoms. The average molecular weight is 536 g/mol. The number of aromatic hydroxyl groups is 1. The highest BCUT2D eigenvalue weighted by atomic mass is 35.5. The molecule has 0 saturated heterocycles. The zero-order valence-corrected chi connectivity index (χ0v) is 21.0. The van der Waals surface area contributed by atoms with Crippen LogP contribution in [0.1, 0.15) is 18.1 Å². The fourth-order valence-electron chi connectivity index (χ4n) is 3.11. The molecule has 0 aliphatic rings. The molecule has 0 bridgehead atoms. The van der Waals surface area contributed by atoms with Gasteiger partial charge in [-0.25, -0.2) is 13.8 Å². The molecule has 3 aromatic carbocycles. The first-order valence-electron chi connectivity index (χ1n) is 10.5. The predicted molar refractivity (Wildman–Crippen MR) is 136 cm³/mol. The van der Waals surface area contributed by atoms with Gasteiger partial charge in [0.05, 0.1) is 24.4 Å². The lowest BCUT2D eigenvalue weighted by Gasteiger charge is -2.22. The second-order valence-corrected chi connectivity index (χ2v) is 10.0. The average Bonchev–Trinajstić information content (AvgIpc) is 2.83. The minimum atomic E-state index is -4.20. The molecule has 0 aliphatic heterocycles. The number of carbonyl (C=O) groups is 1. The molecule has 1 amide bonds. The van der Waals surface area contributed by atoms with E-state index >= 15 is 0 Å². The number of hydrogen-bond donors (Lipinski definition) is 2. The molecule has 11 heteroatoms. The van der Waals surface area contributed by atoms with Crippen LogP contribution in [0.5, 0.6) is 11.5 Å². The maximum Gasteiger partial charge on any atom is 0.255 e. The molecule has 0 heterocycles. The fourth-order valence-corrected chi connectivity index (χ4v) is 5.23. The van der Waals surface area contributed by atoms with E-state index in [9.17, 15) is 18.3 Å². The molecule has 0 atom stereocenters. The van der Waals surface area contributed by atoms with E-state index in [-0.39, 0.29) is 33.0 Å². The summed E-state index contributed by atoms with van der Waals surface area (Å²) in [6, 6.07) is 17.7.